The molecule has 0 bridgehead atoms. The zero-order valence-corrected chi connectivity index (χ0v) is 7.83. The molecule has 6 N–H and O–H groups in total. The predicted octanol–water partition coefficient (Wildman–Crippen LogP) is 0.683. The smallest absolute Gasteiger partial charge is 0.110 e. The first-order valence-electron chi connectivity index (χ1n) is 4.29. The lowest BCUT2D eigenvalue weighted by atomic mass is 10.2. The Hall–Kier alpha value is -2.48. The fourth-order valence-electron chi connectivity index (χ4n) is 1.51. The largest absolute Gasteiger partial charge is 0.398 e. The first-order chi connectivity index (χ1) is 7.15. The predicted molar refractivity (Wildman–Crippen MR) is 57.7 cm³/mol. The highest BCUT2D eigenvalue weighted by molar-refractivity contribution is 5.98. The molecule has 15 heavy (non-hydrogen) atoms. The van der Waals surface area contributed by atoms with Crippen LogP contribution in [0.2, 0.25) is 0 Å². The Kier molecular flexibility index (Phi) is 1.83. The van der Waals surface area contributed by atoms with Crippen LogP contribution in [0.25, 0.3) is 10.8 Å². The minimum absolute atomic E-state index is 0.1000. The Labute approximate surface area is 85.5 Å². The van der Waals surface area contributed by atoms with Crippen LogP contribution in [0, 0.1) is 16.7 Å². The van der Waals surface area contributed by atoms with E-state index in [9.17, 15) is 0 Å². The molecule has 0 radical (unpaired) electrons. The monoisotopic (exact) mass is 199 g/mol. The molecule has 5 heteroatoms. The molecular weight excluding hydrogens is 190 g/mol. The van der Waals surface area contributed by atoms with Crippen LogP contribution >= 0.6 is 0 Å². The van der Waals surface area contributed by atoms with Gasteiger partial charge in [-0.05, 0) is 12.1 Å². The molecule has 0 unspecified atom stereocenters. The molecule has 0 fully saturated rings. The quantitative estimate of drug-likeness (QED) is 0.500. The highest BCUT2D eigenvalue weighted by Crippen LogP contribution is 2.21. The standard InChI is InChI=1S/C10H9N5/c11-3-5-1-2-7(12)6-4-15-10(14)8(6)9(5)13/h1-2,4,13,15H,12,14H2. The van der Waals surface area contributed by atoms with E-state index >= 15 is 0 Å². The normalized spacial score (nSPS) is 10.1. The Morgan fingerprint density at radius 2 is 2.07 bits per heavy atom. The summed E-state index contributed by atoms with van der Waals surface area (Å²) in [5.74, 6) is 0.356. The highest BCUT2D eigenvalue weighted by Gasteiger charge is 2.06. The third-order valence-corrected chi connectivity index (χ3v) is 2.29. The van der Waals surface area contributed by atoms with Crippen molar-refractivity contribution in [3.8, 4) is 6.07 Å². The second-order valence-electron chi connectivity index (χ2n) is 3.18. The number of nitrogens with two attached hydrogens (primary N) is 2. The van der Waals surface area contributed by atoms with Crippen molar-refractivity contribution in [3.05, 3.63) is 29.3 Å². The summed E-state index contributed by atoms with van der Waals surface area (Å²) in [6, 6.07) is 5.07. The van der Waals surface area contributed by atoms with E-state index in [1.165, 1.54) is 6.07 Å². The van der Waals surface area contributed by atoms with Gasteiger partial charge in [-0.15, -0.1) is 0 Å². The summed E-state index contributed by atoms with van der Waals surface area (Å²) in [5, 5.41) is 17.9. The Morgan fingerprint density at radius 3 is 2.73 bits per heavy atom. The first-order valence-corrected chi connectivity index (χ1v) is 4.29. The maximum absolute atomic E-state index is 8.85. The van der Waals surface area contributed by atoms with E-state index in [1.54, 1.807) is 12.3 Å². The van der Waals surface area contributed by atoms with E-state index in [2.05, 4.69) is 4.98 Å². The fraction of sp³-hybridized carbons (Fsp3) is 0. The van der Waals surface area contributed by atoms with Crippen molar-refractivity contribution in [1.82, 2.24) is 4.98 Å². The molecule has 1 heterocycles. The number of hydrogen-bond acceptors (Lipinski definition) is 4. The van der Waals surface area contributed by atoms with Gasteiger partial charge in [0.15, 0.2) is 0 Å². The number of nitrogens with one attached hydrogen (secondary N) is 2. The molecule has 0 saturated carbocycles. The van der Waals surface area contributed by atoms with E-state index in [-0.39, 0.29) is 10.9 Å². The van der Waals surface area contributed by atoms with Crippen LogP contribution < -0.4 is 16.8 Å². The molecule has 74 valence electrons. The molecule has 0 aliphatic rings. The average Bonchev–Trinajstić information content (AvgIpc) is 2.54. The van der Waals surface area contributed by atoms with Crippen molar-refractivity contribution in [2.45, 2.75) is 0 Å². The SMILES string of the molecule is N#Cc1ccc(N)c2c[nH]c(N)c2c1=N. The van der Waals surface area contributed by atoms with Gasteiger partial charge in [0.05, 0.1) is 16.3 Å². The summed E-state index contributed by atoms with van der Waals surface area (Å²) in [6.07, 6.45) is 1.64. The minimum atomic E-state index is 0.1000. The second-order valence-corrected chi connectivity index (χ2v) is 3.18. The van der Waals surface area contributed by atoms with Gasteiger partial charge in [-0.1, -0.05) is 0 Å². The van der Waals surface area contributed by atoms with Crippen molar-refractivity contribution in [2.24, 2.45) is 0 Å². The maximum atomic E-state index is 8.85. The summed E-state index contributed by atoms with van der Waals surface area (Å²) in [5.41, 5.74) is 12.2. The summed E-state index contributed by atoms with van der Waals surface area (Å²) >= 11 is 0. The molecule has 0 aliphatic heterocycles. The number of nitrogens with zero attached hydrogens (tertiary/aromatic N) is 1. The van der Waals surface area contributed by atoms with E-state index in [1.807, 2.05) is 6.07 Å². The zero-order chi connectivity index (χ0) is 11.0. The van der Waals surface area contributed by atoms with Gasteiger partial charge in [-0.25, -0.2) is 0 Å². The van der Waals surface area contributed by atoms with Crippen molar-refractivity contribution < 1.29 is 0 Å². The zero-order valence-electron chi connectivity index (χ0n) is 7.83. The van der Waals surface area contributed by atoms with Crippen LogP contribution in [-0.2, 0) is 0 Å². The van der Waals surface area contributed by atoms with Crippen LogP contribution in [0.5, 0.6) is 0 Å². The number of anilines is 2. The van der Waals surface area contributed by atoms with Crippen LogP contribution in [0.15, 0.2) is 18.3 Å². The van der Waals surface area contributed by atoms with E-state index in [0.29, 0.717) is 22.3 Å². The lowest BCUT2D eigenvalue weighted by molar-refractivity contribution is 1.28. The van der Waals surface area contributed by atoms with Crippen molar-refractivity contribution in [2.75, 3.05) is 11.5 Å². The lowest BCUT2D eigenvalue weighted by Gasteiger charge is -1.88. The van der Waals surface area contributed by atoms with Gasteiger partial charge in [-0.3, -0.25) is 5.41 Å². The van der Waals surface area contributed by atoms with Gasteiger partial charge in [0, 0.05) is 17.3 Å². The Morgan fingerprint density at radius 1 is 1.33 bits per heavy atom. The molecule has 0 aliphatic carbocycles. The number of aromatic nitrogens is 1. The van der Waals surface area contributed by atoms with Gasteiger partial charge in [-0.2, -0.15) is 5.26 Å². The molecule has 0 amide bonds. The van der Waals surface area contributed by atoms with E-state index < -0.39 is 0 Å². The van der Waals surface area contributed by atoms with E-state index in [0.717, 1.165) is 0 Å². The first kappa shape index (κ1) is 9.09. The summed E-state index contributed by atoms with van der Waals surface area (Å²) in [7, 11) is 0. The molecule has 0 spiro atoms. The van der Waals surface area contributed by atoms with Gasteiger partial charge in [0.1, 0.15) is 11.9 Å². The minimum Gasteiger partial charge on any atom is -0.398 e. The number of fused-ring (bicyclic) bond motifs is 1. The van der Waals surface area contributed by atoms with Gasteiger partial charge in [0.25, 0.3) is 0 Å². The molecule has 1 aromatic heterocycles. The molecular formula is C10H9N5. The Balaban J connectivity index is 3.14. The van der Waals surface area contributed by atoms with Crippen LogP contribution in [0.3, 0.4) is 0 Å². The van der Waals surface area contributed by atoms with Gasteiger partial charge >= 0.3 is 0 Å². The van der Waals surface area contributed by atoms with Crippen molar-refractivity contribution >= 4 is 22.3 Å². The second kappa shape index (κ2) is 3.03. The molecule has 0 atom stereocenters. The fourth-order valence-corrected chi connectivity index (χ4v) is 1.51. The highest BCUT2D eigenvalue weighted by atomic mass is 14.8. The summed E-state index contributed by atoms with van der Waals surface area (Å²) in [4.78, 5) is 2.79. The molecule has 5 nitrogen and oxygen atoms in total. The summed E-state index contributed by atoms with van der Waals surface area (Å²) in [6.45, 7) is 0. The number of nitriles is 1. The van der Waals surface area contributed by atoms with Gasteiger partial charge < -0.3 is 16.5 Å². The van der Waals surface area contributed by atoms with Crippen molar-refractivity contribution in [3.63, 3.8) is 0 Å². The number of nitrogen functional groups attached to an aromatic ring is 2. The topological polar surface area (TPSA) is 115 Å². The average molecular weight is 199 g/mol. The van der Waals surface area contributed by atoms with Crippen molar-refractivity contribution in [1.29, 1.82) is 10.7 Å². The van der Waals surface area contributed by atoms with Gasteiger partial charge in [0.2, 0.25) is 0 Å². The molecule has 2 aromatic rings. The third-order valence-electron chi connectivity index (χ3n) is 2.29. The number of hydrogen-bond donors (Lipinski definition) is 4. The maximum Gasteiger partial charge on any atom is 0.110 e. The molecule has 1 aromatic carbocycles. The van der Waals surface area contributed by atoms with Crippen LogP contribution in [-0.4, -0.2) is 4.98 Å². The van der Waals surface area contributed by atoms with Crippen LogP contribution in [0.4, 0.5) is 11.5 Å². The number of H-pyrrole nitrogens is 1. The summed E-state index contributed by atoms with van der Waals surface area (Å²) < 4.78 is 0. The Bertz CT molecular complexity index is 633. The molecule has 0 saturated heterocycles. The molecule has 2 rings (SSSR count). The van der Waals surface area contributed by atoms with E-state index in [4.69, 9.17) is 22.1 Å². The number of rotatable bonds is 0. The third kappa shape index (κ3) is 1.20. The van der Waals surface area contributed by atoms with Crippen LogP contribution in [0.1, 0.15) is 5.56 Å². The number of aromatic amines is 1. The lowest BCUT2D eigenvalue weighted by Crippen LogP contribution is -2.04.